The second kappa shape index (κ2) is 10.4. The Bertz CT molecular complexity index is 739. The Morgan fingerprint density at radius 2 is 2.07 bits per heavy atom. The smallest absolute Gasteiger partial charge is 0.191 e. The van der Waals surface area contributed by atoms with E-state index in [1.165, 1.54) is 16.0 Å². The first-order chi connectivity index (χ1) is 13.2. The molecule has 3 rings (SSSR count). The number of guanidine groups is 1. The zero-order valence-corrected chi connectivity index (χ0v) is 17.0. The van der Waals surface area contributed by atoms with E-state index in [-0.39, 0.29) is 0 Å². The molecule has 1 saturated heterocycles. The molecule has 1 aromatic heterocycles. The van der Waals surface area contributed by atoms with Crippen molar-refractivity contribution in [2.75, 3.05) is 32.8 Å². The summed E-state index contributed by atoms with van der Waals surface area (Å²) < 4.78 is 5.43. The van der Waals surface area contributed by atoms with E-state index in [9.17, 15) is 0 Å². The van der Waals surface area contributed by atoms with Gasteiger partial charge in [0.1, 0.15) is 5.01 Å². The molecule has 0 unspecified atom stereocenters. The lowest BCUT2D eigenvalue weighted by molar-refractivity contribution is 0.0342. The molecule has 1 aliphatic rings. The Morgan fingerprint density at radius 3 is 2.81 bits per heavy atom. The highest BCUT2D eigenvalue weighted by Gasteiger charge is 2.10. The van der Waals surface area contributed by atoms with Crippen LogP contribution in [0.15, 0.2) is 35.5 Å². The van der Waals surface area contributed by atoms with Gasteiger partial charge in [-0.3, -0.25) is 4.90 Å². The summed E-state index contributed by atoms with van der Waals surface area (Å²) in [6.07, 6.45) is 1.91. The minimum absolute atomic E-state index is 0.656. The molecule has 6 nitrogen and oxygen atoms in total. The van der Waals surface area contributed by atoms with Gasteiger partial charge in [-0.2, -0.15) is 0 Å². The second-order valence-electron chi connectivity index (χ2n) is 6.62. The molecule has 0 bridgehead atoms. The van der Waals surface area contributed by atoms with Gasteiger partial charge >= 0.3 is 0 Å². The van der Waals surface area contributed by atoms with Gasteiger partial charge in [-0.15, -0.1) is 11.3 Å². The fraction of sp³-hybridized carbons (Fsp3) is 0.500. The largest absolute Gasteiger partial charge is 0.379 e. The van der Waals surface area contributed by atoms with Crippen molar-refractivity contribution in [2.45, 2.75) is 33.5 Å². The molecule has 0 aliphatic carbocycles. The number of hydrogen-bond acceptors (Lipinski definition) is 5. The maximum atomic E-state index is 5.43. The topological polar surface area (TPSA) is 61.8 Å². The van der Waals surface area contributed by atoms with Crippen molar-refractivity contribution in [3.63, 3.8) is 0 Å². The Balaban J connectivity index is 1.56. The molecular formula is C20H29N5OS. The monoisotopic (exact) mass is 387 g/mol. The van der Waals surface area contributed by atoms with Crippen LogP contribution in [-0.2, 0) is 24.4 Å². The van der Waals surface area contributed by atoms with Crippen molar-refractivity contribution in [3.05, 3.63) is 51.5 Å². The summed E-state index contributed by atoms with van der Waals surface area (Å²) in [6.45, 7) is 11.0. The van der Waals surface area contributed by atoms with Crippen LogP contribution >= 0.6 is 11.3 Å². The third kappa shape index (κ3) is 6.61. The third-order valence-corrected chi connectivity index (χ3v) is 5.25. The Morgan fingerprint density at radius 1 is 1.26 bits per heavy atom. The van der Waals surface area contributed by atoms with Crippen molar-refractivity contribution in [2.24, 2.45) is 4.99 Å². The molecule has 2 heterocycles. The first-order valence-electron chi connectivity index (χ1n) is 9.54. The first-order valence-corrected chi connectivity index (χ1v) is 10.4. The van der Waals surface area contributed by atoms with Crippen LogP contribution in [0, 0.1) is 6.92 Å². The van der Waals surface area contributed by atoms with Crippen LogP contribution in [0.25, 0.3) is 0 Å². The third-order valence-electron chi connectivity index (χ3n) is 4.34. The van der Waals surface area contributed by atoms with Gasteiger partial charge in [0.15, 0.2) is 5.96 Å². The number of aryl methyl sites for hydroxylation is 1. The minimum atomic E-state index is 0.656. The average molecular weight is 388 g/mol. The molecule has 2 aromatic rings. The van der Waals surface area contributed by atoms with Crippen LogP contribution in [0.4, 0.5) is 0 Å². The molecule has 1 aromatic carbocycles. The molecule has 1 aliphatic heterocycles. The highest BCUT2D eigenvalue weighted by Crippen LogP contribution is 2.12. The number of ether oxygens (including phenoxy) is 1. The fourth-order valence-electron chi connectivity index (χ4n) is 3.00. The van der Waals surface area contributed by atoms with Crippen LogP contribution in [0.2, 0.25) is 0 Å². The van der Waals surface area contributed by atoms with Gasteiger partial charge in [0.05, 0.1) is 26.3 Å². The van der Waals surface area contributed by atoms with Crippen LogP contribution < -0.4 is 10.6 Å². The van der Waals surface area contributed by atoms with Crippen molar-refractivity contribution < 1.29 is 4.74 Å². The predicted octanol–water partition coefficient (Wildman–Crippen LogP) is 2.54. The predicted molar refractivity (Wildman–Crippen MR) is 111 cm³/mol. The van der Waals surface area contributed by atoms with Crippen LogP contribution in [-0.4, -0.2) is 48.7 Å². The van der Waals surface area contributed by atoms with E-state index >= 15 is 0 Å². The molecule has 27 heavy (non-hydrogen) atoms. The molecule has 1 fully saturated rings. The number of rotatable bonds is 7. The van der Waals surface area contributed by atoms with Crippen LogP contribution in [0.5, 0.6) is 0 Å². The molecule has 0 saturated carbocycles. The first kappa shape index (κ1) is 19.8. The zero-order valence-electron chi connectivity index (χ0n) is 16.2. The molecule has 2 N–H and O–H groups in total. The molecule has 7 heteroatoms. The number of morpholine rings is 1. The molecule has 0 atom stereocenters. The average Bonchev–Trinajstić information content (AvgIpc) is 3.10. The summed E-state index contributed by atoms with van der Waals surface area (Å²) >= 11 is 1.71. The maximum absolute atomic E-state index is 5.43. The zero-order chi connectivity index (χ0) is 18.9. The summed E-state index contributed by atoms with van der Waals surface area (Å²) in [5.74, 6) is 0.823. The number of thiazole rings is 1. The van der Waals surface area contributed by atoms with Crippen molar-refractivity contribution in [1.82, 2.24) is 20.5 Å². The quantitative estimate of drug-likeness (QED) is 0.565. The Labute approximate surface area is 165 Å². The second-order valence-corrected chi connectivity index (χ2v) is 7.94. The van der Waals surface area contributed by atoms with Gasteiger partial charge in [-0.25, -0.2) is 9.98 Å². The molecule has 0 radical (unpaired) electrons. The van der Waals surface area contributed by atoms with Gasteiger partial charge < -0.3 is 15.4 Å². The van der Waals surface area contributed by atoms with E-state index in [0.717, 1.165) is 50.4 Å². The summed E-state index contributed by atoms with van der Waals surface area (Å²) in [5.41, 5.74) is 2.56. The summed E-state index contributed by atoms with van der Waals surface area (Å²) in [4.78, 5) is 12.8. The maximum Gasteiger partial charge on any atom is 0.191 e. The Kier molecular flexibility index (Phi) is 7.62. The van der Waals surface area contributed by atoms with Gasteiger partial charge in [-0.1, -0.05) is 24.3 Å². The van der Waals surface area contributed by atoms with Gasteiger partial charge in [0.25, 0.3) is 0 Å². The molecular weight excluding hydrogens is 358 g/mol. The van der Waals surface area contributed by atoms with Crippen molar-refractivity contribution >= 4 is 17.3 Å². The number of aromatic nitrogens is 1. The number of nitrogens with zero attached hydrogens (tertiary/aromatic N) is 3. The van der Waals surface area contributed by atoms with Crippen molar-refractivity contribution in [3.8, 4) is 0 Å². The molecule has 0 spiro atoms. The number of aliphatic imine (C=N–C) groups is 1. The molecule has 146 valence electrons. The van der Waals surface area contributed by atoms with E-state index in [1.807, 2.05) is 6.20 Å². The van der Waals surface area contributed by atoms with E-state index in [2.05, 4.69) is 58.6 Å². The lowest BCUT2D eigenvalue weighted by Crippen LogP contribution is -2.36. The van der Waals surface area contributed by atoms with Gasteiger partial charge in [0, 0.05) is 37.3 Å². The van der Waals surface area contributed by atoms with Gasteiger partial charge in [0.2, 0.25) is 0 Å². The van der Waals surface area contributed by atoms with E-state index in [4.69, 9.17) is 9.73 Å². The number of hydrogen-bond donors (Lipinski definition) is 2. The van der Waals surface area contributed by atoms with E-state index in [0.29, 0.717) is 13.1 Å². The fourth-order valence-corrected chi connectivity index (χ4v) is 3.73. The molecule has 0 amide bonds. The minimum Gasteiger partial charge on any atom is -0.379 e. The highest BCUT2D eigenvalue weighted by atomic mass is 32.1. The summed E-state index contributed by atoms with van der Waals surface area (Å²) in [6, 6.07) is 8.71. The van der Waals surface area contributed by atoms with Gasteiger partial charge in [-0.05, 0) is 25.0 Å². The van der Waals surface area contributed by atoms with Crippen molar-refractivity contribution in [1.29, 1.82) is 0 Å². The number of benzene rings is 1. The van der Waals surface area contributed by atoms with Crippen LogP contribution in [0.3, 0.4) is 0 Å². The SMILES string of the molecule is CCNC(=NCc1cccc(CN2CCOCC2)c1)NCc1ncc(C)s1. The lowest BCUT2D eigenvalue weighted by Gasteiger charge is -2.26. The van der Waals surface area contributed by atoms with E-state index in [1.54, 1.807) is 11.3 Å². The van der Waals surface area contributed by atoms with E-state index < -0.39 is 0 Å². The summed E-state index contributed by atoms with van der Waals surface area (Å²) in [5, 5.41) is 7.74. The van der Waals surface area contributed by atoms with Crippen LogP contribution in [0.1, 0.15) is 27.9 Å². The standard InChI is InChI=1S/C20H29N5OS/c1-3-21-20(24-14-19-22-12-16(2)27-19)23-13-17-5-4-6-18(11-17)15-25-7-9-26-10-8-25/h4-6,11-12H,3,7-10,13-15H2,1-2H3,(H2,21,23,24). The highest BCUT2D eigenvalue weighted by molar-refractivity contribution is 7.11. The summed E-state index contributed by atoms with van der Waals surface area (Å²) in [7, 11) is 0. The normalized spacial score (nSPS) is 15.7. The number of nitrogens with one attached hydrogen (secondary N) is 2. The lowest BCUT2D eigenvalue weighted by atomic mass is 10.1. The Hall–Kier alpha value is -1.96.